The highest BCUT2D eigenvalue weighted by Gasteiger charge is 2.26. The highest BCUT2D eigenvalue weighted by atomic mass is 16.5. The highest BCUT2D eigenvalue weighted by molar-refractivity contribution is 5.92. The Labute approximate surface area is 162 Å². The van der Waals surface area contributed by atoms with Crippen LogP contribution >= 0.6 is 0 Å². The van der Waals surface area contributed by atoms with Gasteiger partial charge < -0.3 is 15.8 Å². The summed E-state index contributed by atoms with van der Waals surface area (Å²) in [4.78, 5) is 17.0. The van der Waals surface area contributed by atoms with Crippen LogP contribution in [0, 0.1) is 0 Å². The lowest BCUT2D eigenvalue weighted by molar-refractivity contribution is 0.0919. The van der Waals surface area contributed by atoms with Crippen LogP contribution in [0.4, 0.5) is 5.69 Å². The quantitative estimate of drug-likeness (QED) is 0.734. The summed E-state index contributed by atoms with van der Waals surface area (Å²) in [6, 6.07) is 9.47. The Bertz CT molecular complexity index is 1040. The van der Waals surface area contributed by atoms with Gasteiger partial charge in [-0.05, 0) is 42.7 Å². The van der Waals surface area contributed by atoms with E-state index in [2.05, 4.69) is 15.4 Å². The van der Waals surface area contributed by atoms with Crippen LogP contribution < -0.4 is 15.8 Å². The number of carbonyl (C=O) groups is 1. The van der Waals surface area contributed by atoms with Crippen LogP contribution in [0.3, 0.4) is 0 Å². The van der Waals surface area contributed by atoms with E-state index in [0.717, 1.165) is 47.5 Å². The molecule has 1 unspecified atom stereocenters. The van der Waals surface area contributed by atoms with Gasteiger partial charge in [-0.3, -0.25) is 14.5 Å². The van der Waals surface area contributed by atoms with Crippen molar-refractivity contribution >= 4 is 11.6 Å². The van der Waals surface area contributed by atoms with Crippen molar-refractivity contribution in [3.63, 3.8) is 0 Å². The van der Waals surface area contributed by atoms with E-state index >= 15 is 0 Å². The number of carbonyl (C=O) groups excluding carboxylic acids is 1. The first-order valence-electron chi connectivity index (χ1n) is 9.53. The topological polar surface area (TPSA) is 95.1 Å². The predicted octanol–water partition coefficient (Wildman–Crippen LogP) is 2.73. The van der Waals surface area contributed by atoms with E-state index in [-0.39, 0.29) is 11.9 Å². The molecule has 0 aliphatic carbocycles. The Balaban J connectivity index is 1.43. The van der Waals surface area contributed by atoms with E-state index in [1.54, 1.807) is 18.5 Å². The van der Waals surface area contributed by atoms with Crippen molar-refractivity contribution in [1.29, 1.82) is 0 Å². The number of fused-ring (bicyclic) bond motifs is 2. The van der Waals surface area contributed by atoms with Crippen molar-refractivity contribution in [3.05, 3.63) is 59.7 Å². The molecule has 4 heterocycles. The maximum absolute atomic E-state index is 12.8. The lowest BCUT2D eigenvalue weighted by atomic mass is 9.95. The zero-order valence-corrected chi connectivity index (χ0v) is 15.4. The van der Waals surface area contributed by atoms with Gasteiger partial charge in [0.25, 0.3) is 5.91 Å². The number of hydrogen-bond donors (Lipinski definition) is 2. The summed E-state index contributed by atoms with van der Waals surface area (Å²) in [7, 11) is 0. The summed E-state index contributed by atoms with van der Waals surface area (Å²) in [5.41, 5.74) is 11.2. The van der Waals surface area contributed by atoms with Gasteiger partial charge in [0.05, 0.1) is 12.6 Å². The molecule has 3 aromatic rings. The molecule has 142 valence electrons. The van der Waals surface area contributed by atoms with Gasteiger partial charge in [0, 0.05) is 47.9 Å². The summed E-state index contributed by atoms with van der Waals surface area (Å²) in [5, 5.41) is 7.57. The standard InChI is InChI=1S/C21H21N5O2/c22-17-5-7-23-12-16(17)13-3-4-20-15(10-13)18(6-9-28-20)24-21(27)19-11-14-2-1-8-26(14)25-19/h3-5,7,10-12,18H,1-2,6,8-9H2,(H2,22,23)(H,24,27). The number of amides is 1. The number of nitrogens with two attached hydrogens (primary N) is 1. The van der Waals surface area contributed by atoms with E-state index in [9.17, 15) is 4.79 Å². The molecule has 3 N–H and O–H groups in total. The van der Waals surface area contributed by atoms with E-state index in [1.807, 2.05) is 28.9 Å². The molecular weight excluding hydrogens is 354 g/mol. The van der Waals surface area contributed by atoms with Crippen LogP contribution in [0.2, 0.25) is 0 Å². The van der Waals surface area contributed by atoms with Gasteiger partial charge >= 0.3 is 0 Å². The second kappa shape index (κ2) is 6.67. The molecule has 28 heavy (non-hydrogen) atoms. The SMILES string of the molecule is Nc1ccncc1-c1ccc2c(c1)C(NC(=O)c1cc3n(n1)CCC3)CCO2. The number of nitrogen functional groups attached to an aromatic ring is 1. The molecular formula is C21H21N5O2. The first-order chi connectivity index (χ1) is 13.7. The minimum absolute atomic E-state index is 0.134. The summed E-state index contributed by atoms with van der Waals surface area (Å²) >= 11 is 0. The van der Waals surface area contributed by atoms with Gasteiger partial charge in [-0.2, -0.15) is 5.10 Å². The van der Waals surface area contributed by atoms with Crippen LogP contribution in [0.15, 0.2) is 42.7 Å². The molecule has 2 aliphatic heterocycles. The normalized spacial score (nSPS) is 17.5. The minimum Gasteiger partial charge on any atom is -0.493 e. The average molecular weight is 375 g/mol. The van der Waals surface area contributed by atoms with Crippen molar-refractivity contribution < 1.29 is 9.53 Å². The Morgan fingerprint density at radius 1 is 1.29 bits per heavy atom. The van der Waals surface area contributed by atoms with Gasteiger partial charge in [-0.25, -0.2) is 0 Å². The van der Waals surface area contributed by atoms with Crippen molar-refractivity contribution in [3.8, 4) is 16.9 Å². The van der Waals surface area contributed by atoms with Gasteiger partial charge in [0.2, 0.25) is 0 Å². The zero-order valence-electron chi connectivity index (χ0n) is 15.4. The number of rotatable bonds is 3. The van der Waals surface area contributed by atoms with E-state index in [0.29, 0.717) is 24.4 Å². The van der Waals surface area contributed by atoms with E-state index < -0.39 is 0 Å². The van der Waals surface area contributed by atoms with E-state index in [1.165, 1.54) is 0 Å². The van der Waals surface area contributed by atoms with Gasteiger partial charge in [0.1, 0.15) is 11.4 Å². The number of aromatic nitrogens is 3. The zero-order chi connectivity index (χ0) is 19.1. The average Bonchev–Trinajstić information content (AvgIpc) is 3.31. The number of nitrogens with zero attached hydrogens (tertiary/aromatic N) is 3. The smallest absolute Gasteiger partial charge is 0.272 e. The first-order valence-corrected chi connectivity index (χ1v) is 9.53. The number of benzene rings is 1. The fourth-order valence-corrected chi connectivity index (χ4v) is 3.96. The van der Waals surface area contributed by atoms with Gasteiger partial charge in [-0.15, -0.1) is 0 Å². The summed E-state index contributed by atoms with van der Waals surface area (Å²) in [5.74, 6) is 0.640. The van der Waals surface area contributed by atoms with Crippen LogP contribution in [0.25, 0.3) is 11.1 Å². The fourth-order valence-electron chi connectivity index (χ4n) is 3.96. The number of ether oxygens (including phenoxy) is 1. The van der Waals surface area contributed by atoms with Gasteiger partial charge in [-0.1, -0.05) is 6.07 Å². The third-order valence-corrected chi connectivity index (χ3v) is 5.42. The summed E-state index contributed by atoms with van der Waals surface area (Å²) in [6.45, 7) is 1.45. The lowest BCUT2D eigenvalue weighted by Gasteiger charge is -2.27. The summed E-state index contributed by atoms with van der Waals surface area (Å²) in [6.07, 6.45) is 6.21. The monoisotopic (exact) mass is 375 g/mol. The number of aryl methyl sites for hydroxylation is 2. The number of hydrogen-bond acceptors (Lipinski definition) is 5. The molecule has 0 bridgehead atoms. The molecule has 7 heteroatoms. The van der Waals surface area contributed by atoms with Crippen molar-refractivity contribution in [2.24, 2.45) is 0 Å². The molecule has 0 fully saturated rings. The first kappa shape index (κ1) is 16.8. The molecule has 1 aromatic carbocycles. The number of nitrogens with one attached hydrogen (secondary N) is 1. The molecule has 0 saturated heterocycles. The number of anilines is 1. The van der Waals surface area contributed by atoms with Crippen LogP contribution in [-0.4, -0.2) is 27.3 Å². The van der Waals surface area contributed by atoms with Crippen LogP contribution in [0.5, 0.6) is 5.75 Å². The minimum atomic E-state index is -0.147. The van der Waals surface area contributed by atoms with Crippen LogP contribution in [0.1, 0.15) is 40.6 Å². The predicted molar refractivity (Wildman–Crippen MR) is 105 cm³/mol. The molecule has 0 radical (unpaired) electrons. The molecule has 1 amide bonds. The second-order valence-corrected chi connectivity index (χ2v) is 7.23. The maximum Gasteiger partial charge on any atom is 0.272 e. The molecule has 1 atom stereocenters. The molecule has 7 nitrogen and oxygen atoms in total. The fraction of sp³-hybridized carbons (Fsp3) is 0.286. The molecule has 5 rings (SSSR count). The third-order valence-electron chi connectivity index (χ3n) is 5.42. The van der Waals surface area contributed by atoms with Gasteiger partial charge in [0.15, 0.2) is 0 Å². The number of pyridine rings is 1. The van der Waals surface area contributed by atoms with Crippen molar-refractivity contribution in [2.45, 2.75) is 31.8 Å². The van der Waals surface area contributed by atoms with Crippen molar-refractivity contribution in [2.75, 3.05) is 12.3 Å². The Morgan fingerprint density at radius 3 is 3.07 bits per heavy atom. The second-order valence-electron chi connectivity index (χ2n) is 7.23. The van der Waals surface area contributed by atoms with Crippen LogP contribution in [-0.2, 0) is 13.0 Å². The van der Waals surface area contributed by atoms with Crippen molar-refractivity contribution in [1.82, 2.24) is 20.1 Å². The Kier molecular flexibility index (Phi) is 4.00. The lowest BCUT2D eigenvalue weighted by Crippen LogP contribution is -2.32. The molecule has 2 aliphatic rings. The third kappa shape index (κ3) is 2.89. The molecule has 0 saturated carbocycles. The largest absolute Gasteiger partial charge is 0.493 e. The Morgan fingerprint density at radius 2 is 2.21 bits per heavy atom. The highest BCUT2D eigenvalue weighted by Crippen LogP contribution is 2.36. The molecule has 0 spiro atoms. The van der Waals surface area contributed by atoms with E-state index in [4.69, 9.17) is 10.5 Å². The Hall–Kier alpha value is -3.35. The maximum atomic E-state index is 12.8. The molecule has 2 aromatic heterocycles. The summed E-state index contributed by atoms with van der Waals surface area (Å²) < 4.78 is 7.72.